The van der Waals surface area contributed by atoms with Gasteiger partial charge in [-0.1, -0.05) is 27.5 Å². The van der Waals surface area contributed by atoms with Crippen LogP contribution in [0.3, 0.4) is 0 Å². The lowest BCUT2D eigenvalue weighted by molar-refractivity contribution is 0.997. The Balaban J connectivity index is 2.44. The Morgan fingerprint density at radius 1 is 1.36 bits per heavy atom. The molecule has 0 unspecified atom stereocenters. The number of nitrogens with one attached hydrogen (secondary N) is 2. The average molecular weight is 294 g/mol. The van der Waals surface area contributed by atoms with Gasteiger partial charge in [-0.15, -0.1) is 0 Å². The van der Waals surface area contributed by atoms with Gasteiger partial charge in [-0.2, -0.15) is 0 Å². The van der Waals surface area contributed by atoms with Crippen molar-refractivity contribution in [2.75, 3.05) is 17.2 Å². The molecule has 0 radical (unpaired) electrons. The summed E-state index contributed by atoms with van der Waals surface area (Å²) in [6.07, 6.45) is 0. The van der Waals surface area contributed by atoms with Crippen LogP contribution in [0.5, 0.6) is 0 Å². The van der Waals surface area contributed by atoms with Gasteiger partial charge in [-0.05, 0) is 36.5 Å². The Bertz CT molecular complexity index is 302. The van der Waals surface area contributed by atoms with Crippen LogP contribution in [0.4, 0.5) is 5.69 Å². The summed E-state index contributed by atoms with van der Waals surface area (Å²) >= 11 is 14.1. The molecule has 0 aliphatic heterocycles. The second-order valence-corrected chi connectivity index (χ2v) is 4.21. The highest BCUT2D eigenvalue weighted by atomic mass is 79.9. The first-order valence-corrected chi connectivity index (χ1v) is 5.99. The van der Waals surface area contributed by atoms with Crippen LogP contribution < -0.4 is 10.6 Å². The Kier molecular flexibility index (Phi) is 5.22. The van der Waals surface area contributed by atoms with E-state index in [-0.39, 0.29) is 0 Å². The van der Waals surface area contributed by atoms with Crippen LogP contribution in [0.25, 0.3) is 0 Å². The molecule has 0 heterocycles. The fraction of sp³-hybridized carbons (Fsp3) is 0.222. The van der Waals surface area contributed by atoms with Gasteiger partial charge in [0.1, 0.15) is 0 Å². The molecule has 0 bridgehead atoms. The number of halogens is 2. The van der Waals surface area contributed by atoms with E-state index < -0.39 is 0 Å². The van der Waals surface area contributed by atoms with Crippen molar-refractivity contribution < 1.29 is 0 Å². The molecule has 0 saturated carbocycles. The molecule has 5 heteroatoms. The SMILES string of the molecule is S=C(NCCBr)Nc1ccc(Cl)cc1. The molecule has 14 heavy (non-hydrogen) atoms. The smallest absolute Gasteiger partial charge is 0.170 e. The summed E-state index contributed by atoms with van der Waals surface area (Å²) in [5.41, 5.74) is 0.932. The minimum atomic E-state index is 0.617. The van der Waals surface area contributed by atoms with Crippen LogP contribution >= 0.6 is 39.7 Å². The number of hydrogen-bond acceptors (Lipinski definition) is 1. The molecular formula is C9H10BrClN2S. The van der Waals surface area contributed by atoms with Crippen LogP contribution in [0.1, 0.15) is 0 Å². The molecule has 2 nitrogen and oxygen atoms in total. The third kappa shape index (κ3) is 4.26. The van der Waals surface area contributed by atoms with Crippen LogP contribution in [-0.2, 0) is 0 Å². The summed E-state index contributed by atoms with van der Waals surface area (Å²) in [4.78, 5) is 0. The highest BCUT2D eigenvalue weighted by Gasteiger charge is 1.95. The lowest BCUT2D eigenvalue weighted by Crippen LogP contribution is -2.29. The lowest BCUT2D eigenvalue weighted by Gasteiger charge is -2.08. The molecular weight excluding hydrogens is 284 g/mol. The summed E-state index contributed by atoms with van der Waals surface area (Å²) < 4.78 is 0. The van der Waals surface area contributed by atoms with E-state index in [1.54, 1.807) is 0 Å². The van der Waals surface area contributed by atoms with Gasteiger partial charge in [-0.25, -0.2) is 0 Å². The topological polar surface area (TPSA) is 24.1 Å². The molecule has 0 aliphatic rings. The van der Waals surface area contributed by atoms with Gasteiger partial charge >= 0.3 is 0 Å². The third-order valence-electron chi connectivity index (χ3n) is 1.48. The van der Waals surface area contributed by atoms with E-state index in [2.05, 4.69) is 26.6 Å². The fourth-order valence-corrected chi connectivity index (χ4v) is 1.41. The molecule has 1 aromatic rings. The molecule has 0 saturated heterocycles. The summed E-state index contributed by atoms with van der Waals surface area (Å²) in [7, 11) is 0. The predicted octanol–water partition coefficient (Wildman–Crippen LogP) is 3.02. The van der Waals surface area contributed by atoms with Crippen LogP contribution in [0, 0.1) is 0 Å². The highest BCUT2D eigenvalue weighted by Crippen LogP contribution is 2.12. The second kappa shape index (κ2) is 6.22. The van der Waals surface area contributed by atoms with Gasteiger partial charge in [-0.3, -0.25) is 0 Å². The second-order valence-electron chi connectivity index (χ2n) is 2.58. The molecule has 1 aromatic carbocycles. The first-order chi connectivity index (χ1) is 6.72. The number of hydrogen-bond donors (Lipinski definition) is 2. The molecule has 0 spiro atoms. The van der Waals surface area contributed by atoms with E-state index in [0.29, 0.717) is 5.11 Å². The molecule has 1 rings (SSSR count). The molecule has 0 atom stereocenters. The van der Waals surface area contributed by atoms with E-state index in [4.69, 9.17) is 23.8 Å². The van der Waals surface area contributed by atoms with Crippen LogP contribution in [0.2, 0.25) is 5.02 Å². The Morgan fingerprint density at radius 2 is 2.00 bits per heavy atom. The third-order valence-corrected chi connectivity index (χ3v) is 2.38. The first kappa shape index (κ1) is 11.8. The van der Waals surface area contributed by atoms with E-state index in [9.17, 15) is 0 Å². The van der Waals surface area contributed by atoms with Crippen LogP contribution in [0.15, 0.2) is 24.3 Å². The standard InChI is InChI=1S/C9H10BrClN2S/c10-5-6-12-9(14)13-8-3-1-7(11)2-4-8/h1-4H,5-6H2,(H2,12,13,14). The van der Waals surface area contributed by atoms with Crippen molar-refractivity contribution in [1.29, 1.82) is 0 Å². The van der Waals surface area contributed by atoms with E-state index in [0.717, 1.165) is 22.6 Å². The summed E-state index contributed by atoms with van der Waals surface area (Å²) in [5, 5.41) is 8.29. The Labute approximate surface area is 102 Å². The van der Waals surface area contributed by atoms with Crippen molar-refractivity contribution in [2.24, 2.45) is 0 Å². The Morgan fingerprint density at radius 3 is 2.57 bits per heavy atom. The number of thiocarbonyl (C=S) groups is 1. The monoisotopic (exact) mass is 292 g/mol. The number of benzene rings is 1. The average Bonchev–Trinajstić information content (AvgIpc) is 2.18. The maximum absolute atomic E-state index is 5.75. The summed E-state index contributed by atoms with van der Waals surface area (Å²) in [6, 6.07) is 7.39. The van der Waals surface area contributed by atoms with Crippen molar-refractivity contribution in [3.63, 3.8) is 0 Å². The van der Waals surface area contributed by atoms with E-state index in [1.807, 2.05) is 24.3 Å². The van der Waals surface area contributed by atoms with Gasteiger partial charge in [0.2, 0.25) is 0 Å². The fourth-order valence-electron chi connectivity index (χ4n) is 0.869. The van der Waals surface area contributed by atoms with Gasteiger partial charge in [0.05, 0.1) is 0 Å². The van der Waals surface area contributed by atoms with Crippen molar-refractivity contribution in [2.45, 2.75) is 0 Å². The maximum Gasteiger partial charge on any atom is 0.170 e. The summed E-state index contributed by atoms with van der Waals surface area (Å²) in [6.45, 7) is 0.805. The molecule has 0 fully saturated rings. The van der Waals surface area contributed by atoms with Gasteiger partial charge in [0.15, 0.2) is 5.11 Å². The minimum Gasteiger partial charge on any atom is -0.362 e. The number of anilines is 1. The zero-order valence-corrected chi connectivity index (χ0v) is 10.5. The molecule has 76 valence electrons. The first-order valence-electron chi connectivity index (χ1n) is 4.09. The minimum absolute atomic E-state index is 0.617. The molecule has 2 N–H and O–H groups in total. The predicted molar refractivity (Wildman–Crippen MR) is 69.5 cm³/mol. The zero-order valence-electron chi connectivity index (χ0n) is 7.39. The number of rotatable bonds is 3. The van der Waals surface area contributed by atoms with Gasteiger partial charge in [0.25, 0.3) is 0 Å². The number of alkyl halides is 1. The van der Waals surface area contributed by atoms with Crippen molar-refractivity contribution in [3.05, 3.63) is 29.3 Å². The molecule has 0 aromatic heterocycles. The summed E-state index contributed by atoms with van der Waals surface area (Å²) in [5.74, 6) is 0. The zero-order chi connectivity index (χ0) is 10.4. The van der Waals surface area contributed by atoms with Gasteiger partial charge in [0, 0.05) is 22.6 Å². The van der Waals surface area contributed by atoms with Crippen molar-refractivity contribution in [3.8, 4) is 0 Å². The quantitative estimate of drug-likeness (QED) is 0.662. The van der Waals surface area contributed by atoms with Crippen LogP contribution in [-0.4, -0.2) is 17.0 Å². The molecule has 0 aliphatic carbocycles. The van der Waals surface area contributed by atoms with Crippen molar-refractivity contribution >= 4 is 50.5 Å². The largest absolute Gasteiger partial charge is 0.362 e. The molecule has 0 amide bonds. The van der Waals surface area contributed by atoms with E-state index >= 15 is 0 Å². The highest BCUT2D eigenvalue weighted by molar-refractivity contribution is 9.09. The lowest BCUT2D eigenvalue weighted by atomic mass is 10.3. The normalized spacial score (nSPS) is 9.57. The Hall–Kier alpha value is -0.320. The maximum atomic E-state index is 5.75. The van der Waals surface area contributed by atoms with Gasteiger partial charge < -0.3 is 10.6 Å². The van der Waals surface area contributed by atoms with Crippen molar-refractivity contribution in [1.82, 2.24) is 5.32 Å². The van der Waals surface area contributed by atoms with E-state index in [1.165, 1.54) is 0 Å².